The first kappa shape index (κ1) is 37.9. The van der Waals surface area contributed by atoms with Gasteiger partial charge in [-0.25, -0.2) is 4.39 Å². The van der Waals surface area contributed by atoms with E-state index in [1.54, 1.807) is 30.2 Å². The highest BCUT2D eigenvalue weighted by Gasteiger charge is 2.58. The molecule has 4 saturated heterocycles. The van der Waals surface area contributed by atoms with Gasteiger partial charge in [0.1, 0.15) is 5.75 Å². The van der Waals surface area contributed by atoms with Crippen LogP contribution in [0.5, 0.6) is 5.75 Å². The number of hydrogen-bond acceptors (Lipinski definition) is 8. The Morgan fingerprint density at radius 1 is 0.925 bits per heavy atom. The average Bonchev–Trinajstić information content (AvgIpc) is 3.92. The van der Waals surface area contributed by atoms with Gasteiger partial charge in [0, 0.05) is 75.7 Å². The molecule has 5 aliphatic rings. The molecule has 1 amide bonds. The second-order valence-electron chi connectivity index (χ2n) is 15.5. The molecule has 2 aromatic carbocycles. The number of esters is 1. The highest BCUT2D eigenvalue weighted by molar-refractivity contribution is 5.88. The molecule has 9 nitrogen and oxygen atoms in total. The van der Waals surface area contributed by atoms with Crippen molar-refractivity contribution >= 4 is 17.6 Å². The van der Waals surface area contributed by atoms with Gasteiger partial charge in [0.15, 0.2) is 5.79 Å². The lowest BCUT2D eigenvalue weighted by molar-refractivity contribution is -0.183. The summed E-state index contributed by atoms with van der Waals surface area (Å²) in [5.41, 5.74) is -1.06. The highest BCUT2D eigenvalue weighted by atomic mass is 19.4. The fourth-order valence-corrected chi connectivity index (χ4v) is 9.64. The molecule has 5 fully saturated rings. The van der Waals surface area contributed by atoms with Crippen molar-refractivity contribution in [1.29, 1.82) is 0 Å². The number of alkyl halides is 4. The van der Waals surface area contributed by atoms with E-state index in [0.29, 0.717) is 70.1 Å². The molecule has 4 aliphatic heterocycles. The number of hydrogen-bond donors (Lipinski definition) is 0. The van der Waals surface area contributed by atoms with Crippen LogP contribution in [0.1, 0.15) is 80.4 Å². The van der Waals surface area contributed by atoms with E-state index in [1.165, 1.54) is 13.2 Å². The Kier molecular flexibility index (Phi) is 10.7. The second-order valence-corrected chi connectivity index (χ2v) is 15.5. The van der Waals surface area contributed by atoms with E-state index >= 15 is 4.39 Å². The quantitative estimate of drug-likeness (QED) is 0.223. The fourth-order valence-electron chi connectivity index (χ4n) is 9.64. The fraction of sp³-hybridized carbons (Fsp3) is 0.650. The van der Waals surface area contributed by atoms with E-state index < -0.39 is 35.0 Å². The topological polar surface area (TPSA) is 80.8 Å². The number of halogens is 4. The van der Waals surface area contributed by atoms with Gasteiger partial charge in [0.05, 0.1) is 38.9 Å². The maximum atomic E-state index is 18.0. The number of carbonyl (C=O) groups is 2. The molecule has 1 spiro atoms. The number of rotatable bonds is 8. The number of likely N-dealkylation sites (tertiary alicyclic amines) is 2. The van der Waals surface area contributed by atoms with E-state index in [0.717, 1.165) is 42.9 Å². The van der Waals surface area contributed by atoms with Gasteiger partial charge in [0.25, 0.3) is 5.91 Å². The van der Waals surface area contributed by atoms with Gasteiger partial charge in [-0.05, 0) is 67.0 Å². The maximum absolute atomic E-state index is 18.0. The Morgan fingerprint density at radius 3 is 2.21 bits per heavy atom. The lowest BCUT2D eigenvalue weighted by atomic mass is 9.84. The van der Waals surface area contributed by atoms with Gasteiger partial charge in [-0.3, -0.25) is 14.5 Å². The Balaban J connectivity index is 1.15. The number of ether oxygens (including phenoxy) is 4. The molecule has 0 N–H and O–H groups in total. The summed E-state index contributed by atoms with van der Waals surface area (Å²) in [6.45, 7) is 4.81. The first-order valence-corrected chi connectivity index (χ1v) is 19.1. The normalized spacial score (nSPS) is 28.5. The molecule has 53 heavy (non-hydrogen) atoms. The molecule has 1 saturated carbocycles. The molecule has 290 valence electrons. The summed E-state index contributed by atoms with van der Waals surface area (Å²) < 4.78 is 82.3. The van der Waals surface area contributed by atoms with Crippen LogP contribution < -0.4 is 9.64 Å². The summed E-state index contributed by atoms with van der Waals surface area (Å²) in [4.78, 5) is 32.6. The molecular weight excluding hydrogens is 694 g/mol. The van der Waals surface area contributed by atoms with E-state index in [9.17, 15) is 22.8 Å². The summed E-state index contributed by atoms with van der Waals surface area (Å²) in [5.74, 6) is -2.18. The first-order chi connectivity index (χ1) is 25.4. The minimum atomic E-state index is -4.54. The number of amides is 1. The van der Waals surface area contributed by atoms with Gasteiger partial charge >= 0.3 is 12.1 Å². The zero-order chi connectivity index (χ0) is 37.5. The predicted molar refractivity (Wildman–Crippen MR) is 190 cm³/mol. The Morgan fingerprint density at radius 2 is 1.60 bits per heavy atom. The molecule has 13 heteroatoms. The number of methoxy groups -OCH3 is 2. The monoisotopic (exact) mass is 745 g/mol. The van der Waals surface area contributed by atoms with Gasteiger partial charge in [-0.1, -0.05) is 31.5 Å². The van der Waals surface area contributed by atoms with Crippen molar-refractivity contribution in [3.63, 3.8) is 0 Å². The Bertz CT molecular complexity index is 1620. The van der Waals surface area contributed by atoms with Crippen molar-refractivity contribution in [2.45, 2.75) is 87.4 Å². The number of anilines is 1. The van der Waals surface area contributed by atoms with Crippen LogP contribution in [0.3, 0.4) is 0 Å². The van der Waals surface area contributed by atoms with Crippen LogP contribution in [0.25, 0.3) is 0 Å². The molecule has 7 rings (SSSR count). The third-order valence-corrected chi connectivity index (χ3v) is 12.7. The van der Waals surface area contributed by atoms with E-state index in [4.69, 9.17) is 18.9 Å². The molecule has 0 unspecified atom stereocenters. The number of piperidine rings is 1. The minimum Gasteiger partial charge on any atom is -0.497 e. The van der Waals surface area contributed by atoms with Crippen molar-refractivity contribution in [1.82, 2.24) is 9.80 Å². The van der Waals surface area contributed by atoms with Crippen molar-refractivity contribution in [3.05, 3.63) is 59.2 Å². The van der Waals surface area contributed by atoms with Gasteiger partial charge < -0.3 is 28.7 Å². The molecule has 1 aliphatic carbocycles. The Labute approximate surface area is 308 Å². The van der Waals surface area contributed by atoms with Crippen molar-refractivity contribution in [2.75, 3.05) is 71.6 Å². The maximum Gasteiger partial charge on any atom is 0.416 e. The van der Waals surface area contributed by atoms with Crippen LogP contribution in [0.15, 0.2) is 42.5 Å². The van der Waals surface area contributed by atoms with Crippen molar-refractivity contribution < 1.29 is 46.1 Å². The van der Waals surface area contributed by atoms with Crippen molar-refractivity contribution in [2.24, 2.45) is 11.8 Å². The van der Waals surface area contributed by atoms with Gasteiger partial charge in [-0.15, -0.1) is 0 Å². The highest BCUT2D eigenvalue weighted by Crippen LogP contribution is 2.48. The average molecular weight is 746 g/mol. The predicted octanol–water partition coefficient (Wildman–Crippen LogP) is 6.55. The number of nitrogens with zero attached hydrogens (tertiary/aromatic N) is 3. The molecule has 2 aromatic rings. The largest absolute Gasteiger partial charge is 0.497 e. The standard InChI is InChI=1S/C40H51F4N3O6/c1-4-26-22-46(23-33(26)32-10-7-29(40(42,43)44)21-35(32)45-17-13-28(14-18-45)36(48)51-3)37(49)39(41)25-47(24-34(39)27-5-8-31(50-2)9-6-27)30-11-15-38(16-12-30)52-19-20-53-38/h5-10,21,26,28,30,33-34H,4,11-20,22-25H2,1-3H3/t26-,33-,34-,39-/m0/s1. The second kappa shape index (κ2) is 15.0. The zero-order valence-electron chi connectivity index (χ0n) is 30.8. The minimum absolute atomic E-state index is 0.0411. The molecule has 0 radical (unpaired) electrons. The van der Waals surface area contributed by atoms with Gasteiger partial charge in [0.2, 0.25) is 5.67 Å². The summed E-state index contributed by atoms with van der Waals surface area (Å²) in [5, 5.41) is 0. The smallest absolute Gasteiger partial charge is 0.416 e. The number of carbonyl (C=O) groups excluding carboxylic acids is 2. The number of benzene rings is 2. The first-order valence-electron chi connectivity index (χ1n) is 19.1. The third-order valence-electron chi connectivity index (χ3n) is 12.7. The molecule has 0 bridgehead atoms. The lowest BCUT2D eigenvalue weighted by Crippen LogP contribution is -2.51. The molecule has 4 atom stereocenters. The van der Waals surface area contributed by atoms with Gasteiger partial charge in [-0.2, -0.15) is 13.2 Å². The van der Waals surface area contributed by atoms with Crippen LogP contribution >= 0.6 is 0 Å². The van der Waals surface area contributed by atoms with Crippen LogP contribution in [-0.2, 0) is 30.0 Å². The van der Waals surface area contributed by atoms with Crippen LogP contribution in [0, 0.1) is 11.8 Å². The van der Waals surface area contributed by atoms with Crippen LogP contribution in [0.4, 0.5) is 23.2 Å². The van der Waals surface area contributed by atoms with E-state index in [1.807, 2.05) is 24.0 Å². The van der Waals surface area contributed by atoms with Crippen molar-refractivity contribution in [3.8, 4) is 5.75 Å². The van der Waals surface area contributed by atoms with Crippen LogP contribution in [0.2, 0.25) is 0 Å². The Hall–Kier alpha value is -3.42. The van der Waals surface area contributed by atoms with Crippen LogP contribution in [-0.4, -0.2) is 106 Å². The zero-order valence-corrected chi connectivity index (χ0v) is 30.8. The summed E-state index contributed by atoms with van der Waals surface area (Å²) in [6, 6.07) is 11.2. The molecular formula is C40H51F4N3O6. The summed E-state index contributed by atoms with van der Waals surface area (Å²) in [7, 11) is 2.91. The third kappa shape index (κ3) is 7.37. The molecule has 0 aromatic heterocycles. The lowest BCUT2D eigenvalue weighted by Gasteiger charge is -2.39. The summed E-state index contributed by atoms with van der Waals surface area (Å²) >= 11 is 0. The van der Waals surface area contributed by atoms with E-state index in [-0.39, 0.29) is 42.9 Å². The molecule has 4 heterocycles. The summed E-state index contributed by atoms with van der Waals surface area (Å²) in [6.07, 6.45) is 0.0388. The van der Waals surface area contributed by atoms with E-state index in [2.05, 4.69) is 4.90 Å². The SMILES string of the molecule is CC[C@H]1CN(C(=O)[C@]2(F)CN(C3CCC4(CC3)OCCO4)C[C@H]2c2ccc(OC)cc2)C[C@@H]1c1ccc(C(F)(F)F)cc1N1CCC(C(=O)OC)CC1.